The van der Waals surface area contributed by atoms with E-state index in [0.29, 0.717) is 42.9 Å². The van der Waals surface area contributed by atoms with E-state index in [1.165, 1.54) is 0 Å². The minimum Gasteiger partial charge on any atom is -0.486 e. The molecule has 2 aliphatic rings. The second kappa shape index (κ2) is 5.95. The Morgan fingerprint density at radius 3 is 2.91 bits per heavy atom. The normalized spacial score (nSPS) is 20.3. The van der Waals surface area contributed by atoms with E-state index in [0.717, 1.165) is 19.4 Å². The Bertz CT molecular complexity index is 699. The number of carbonyl (C=O) groups is 1. The molecule has 4 rings (SSSR count). The number of carbonyl (C=O) groups excluding carboxylic acids is 1. The first-order valence-corrected chi connectivity index (χ1v) is 7.97. The Morgan fingerprint density at radius 2 is 2.09 bits per heavy atom. The molecule has 2 aliphatic heterocycles. The van der Waals surface area contributed by atoms with Gasteiger partial charge in [-0.05, 0) is 31.0 Å². The first-order valence-electron chi connectivity index (χ1n) is 7.97. The summed E-state index contributed by atoms with van der Waals surface area (Å²) in [5.41, 5.74) is 0.653. The zero-order valence-electron chi connectivity index (χ0n) is 12.9. The summed E-state index contributed by atoms with van der Waals surface area (Å²) >= 11 is 0. The molecule has 1 aromatic carbocycles. The van der Waals surface area contributed by atoms with Crippen molar-refractivity contribution in [3.05, 3.63) is 42.5 Å². The third-order valence-corrected chi connectivity index (χ3v) is 4.42. The highest BCUT2D eigenvalue weighted by Gasteiger charge is 2.26. The second-order valence-electron chi connectivity index (χ2n) is 5.92. The van der Waals surface area contributed by atoms with Crippen LogP contribution in [0.2, 0.25) is 0 Å². The number of nitrogens with zero attached hydrogens (tertiary/aromatic N) is 3. The number of piperidine rings is 1. The van der Waals surface area contributed by atoms with Crippen molar-refractivity contribution in [3.8, 4) is 11.5 Å². The summed E-state index contributed by atoms with van der Waals surface area (Å²) in [4.78, 5) is 18.8. The SMILES string of the molecule is O=C(c1ccc2c(c1)OCCO2)N1CCCC(n2ccnc2)C1. The first-order chi connectivity index (χ1) is 11.3. The molecule has 1 aromatic heterocycles. The summed E-state index contributed by atoms with van der Waals surface area (Å²) < 4.78 is 13.2. The highest BCUT2D eigenvalue weighted by molar-refractivity contribution is 5.95. The van der Waals surface area contributed by atoms with Crippen LogP contribution >= 0.6 is 0 Å². The van der Waals surface area contributed by atoms with Gasteiger partial charge in [0.15, 0.2) is 11.5 Å². The second-order valence-corrected chi connectivity index (χ2v) is 5.92. The number of amides is 1. The number of rotatable bonds is 2. The van der Waals surface area contributed by atoms with E-state index >= 15 is 0 Å². The van der Waals surface area contributed by atoms with E-state index in [4.69, 9.17) is 9.47 Å². The molecule has 1 fully saturated rings. The Balaban J connectivity index is 1.52. The minimum atomic E-state index is 0.0480. The maximum atomic E-state index is 12.8. The van der Waals surface area contributed by atoms with Crippen molar-refractivity contribution in [1.29, 1.82) is 0 Å². The Labute approximate surface area is 134 Å². The van der Waals surface area contributed by atoms with Crippen LogP contribution in [-0.2, 0) is 0 Å². The maximum Gasteiger partial charge on any atom is 0.254 e. The van der Waals surface area contributed by atoms with Crippen LogP contribution in [0.25, 0.3) is 0 Å². The van der Waals surface area contributed by atoms with E-state index in [2.05, 4.69) is 9.55 Å². The predicted octanol–water partition coefficient (Wildman–Crippen LogP) is 2.13. The fourth-order valence-electron chi connectivity index (χ4n) is 3.23. The molecule has 0 radical (unpaired) electrons. The largest absolute Gasteiger partial charge is 0.486 e. The van der Waals surface area contributed by atoms with Crippen molar-refractivity contribution in [2.75, 3.05) is 26.3 Å². The molecular weight excluding hydrogens is 294 g/mol. The topological polar surface area (TPSA) is 56.6 Å². The number of benzene rings is 1. The van der Waals surface area contributed by atoms with Crippen molar-refractivity contribution in [3.63, 3.8) is 0 Å². The van der Waals surface area contributed by atoms with Gasteiger partial charge in [-0.3, -0.25) is 4.79 Å². The summed E-state index contributed by atoms with van der Waals surface area (Å²) in [7, 11) is 0. The van der Waals surface area contributed by atoms with Gasteiger partial charge in [-0.15, -0.1) is 0 Å². The number of hydrogen-bond acceptors (Lipinski definition) is 4. The minimum absolute atomic E-state index is 0.0480. The van der Waals surface area contributed by atoms with Gasteiger partial charge in [0, 0.05) is 31.0 Å². The van der Waals surface area contributed by atoms with Gasteiger partial charge in [0.25, 0.3) is 5.91 Å². The van der Waals surface area contributed by atoms with E-state index in [1.807, 2.05) is 29.6 Å². The van der Waals surface area contributed by atoms with Crippen LogP contribution in [0.15, 0.2) is 36.9 Å². The molecule has 6 nitrogen and oxygen atoms in total. The van der Waals surface area contributed by atoms with Crippen molar-refractivity contribution in [1.82, 2.24) is 14.5 Å². The van der Waals surface area contributed by atoms with Gasteiger partial charge in [0.05, 0.1) is 12.4 Å². The molecule has 2 aromatic rings. The van der Waals surface area contributed by atoms with Gasteiger partial charge in [0.2, 0.25) is 0 Å². The third-order valence-electron chi connectivity index (χ3n) is 4.42. The average molecular weight is 313 g/mol. The Kier molecular flexibility index (Phi) is 3.65. The molecule has 0 aliphatic carbocycles. The van der Waals surface area contributed by atoms with Crippen molar-refractivity contribution >= 4 is 5.91 Å². The highest BCUT2D eigenvalue weighted by atomic mass is 16.6. The summed E-state index contributed by atoms with van der Waals surface area (Å²) in [6.07, 6.45) is 7.63. The molecule has 0 saturated carbocycles. The molecular formula is C17H19N3O3. The van der Waals surface area contributed by atoms with Crippen molar-refractivity contribution in [2.24, 2.45) is 0 Å². The zero-order valence-corrected chi connectivity index (χ0v) is 12.9. The van der Waals surface area contributed by atoms with Gasteiger partial charge in [-0.2, -0.15) is 0 Å². The van der Waals surface area contributed by atoms with Crippen LogP contribution in [-0.4, -0.2) is 46.7 Å². The van der Waals surface area contributed by atoms with Gasteiger partial charge in [-0.1, -0.05) is 0 Å². The fraction of sp³-hybridized carbons (Fsp3) is 0.412. The zero-order chi connectivity index (χ0) is 15.6. The molecule has 3 heterocycles. The Morgan fingerprint density at radius 1 is 1.22 bits per heavy atom. The summed E-state index contributed by atoms with van der Waals surface area (Å²) in [6, 6.07) is 5.72. The van der Waals surface area contributed by atoms with E-state index in [1.54, 1.807) is 12.3 Å². The van der Waals surface area contributed by atoms with E-state index in [-0.39, 0.29) is 5.91 Å². The van der Waals surface area contributed by atoms with Crippen molar-refractivity contribution < 1.29 is 14.3 Å². The lowest BCUT2D eigenvalue weighted by Gasteiger charge is -2.33. The molecule has 120 valence electrons. The molecule has 1 atom stereocenters. The number of aromatic nitrogens is 2. The van der Waals surface area contributed by atoms with Gasteiger partial charge < -0.3 is 18.9 Å². The Hall–Kier alpha value is -2.50. The van der Waals surface area contributed by atoms with Crippen LogP contribution in [0.4, 0.5) is 0 Å². The molecule has 0 N–H and O–H groups in total. The number of ether oxygens (including phenoxy) is 2. The molecule has 0 spiro atoms. The smallest absolute Gasteiger partial charge is 0.254 e. The lowest BCUT2D eigenvalue weighted by atomic mass is 10.0. The first kappa shape index (κ1) is 14.1. The van der Waals surface area contributed by atoms with Crippen molar-refractivity contribution in [2.45, 2.75) is 18.9 Å². The molecule has 1 unspecified atom stereocenters. The lowest BCUT2D eigenvalue weighted by molar-refractivity contribution is 0.0678. The molecule has 1 amide bonds. The van der Waals surface area contributed by atoms with Crippen LogP contribution in [0.1, 0.15) is 29.2 Å². The summed E-state index contributed by atoms with van der Waals surface area (Å²) in [6.45, 7) is 2.58. The quantitative estimate of drug-likeness (QED) is 0.852. The number of fused-ring (bicyclic) bond motifs is 1. The van der Waals surface area contributed by atoms with E-state index in [9.17, 15) is 4.79 Å². The number of imidazole rings is 1. The fourth-order valence-corrected chi connectivity index (χ4v) is 3.23. The molecule has 1 saturated heterocycles. The summed E-state index contributed by atoms with van der Waals surface area (Å²) in [5, 5.41) is 0. The standard InChI is InChI=1S/C17H19N3O3/c21-17(13-3-4-15-16(10-13)23-9-8-22-15)19-6-1-2-14(11-19)20-7-5-18-12-20/h3-5,7,10,12,14H,1-2,6,8-9,11H2. The summed E-state index contributed by atoms with van der Waals surface area (Å²) in [5.74, 6) is 1.42. The van der Waals surface area contributed by atoms with Gasteiger partial charge in [0.1, 0.15) is 13.2 Å². The molecule has 0 bridgehead atoms. The number of hydrogen-bond donors (Lipinski definition) is 0. The van der Waals surface area contributed by atoms with Gasteiger partial charge >= 0.3 is 0 Å². The van der Waals surface area contributed by atoms with Crippen LogP contribution in [0, 0.1) is 0 Å². The molecule has 23 heavy (non-hydrogen) atoms. The van der Waals surface area contributed by atoms with Crippen LogP contribution in [0.3, 0.4) is 0 Å². The van der Waals surface area contributed by atoms with Crippen LogP contribution < -0.4 is 9.47 Å². The van der Waals surface area contributed by atoms with Crippen LogP contribution in [0.5, 0.6) is 11.5 Å². The lowest BCUT2D eigenvalue weighted by Crippen LogP contribution is -2.40. The number of likely N-dealkylation sites (tertiary alicyclic amines) is 1. The highest BCUT2D eigenvalue weighted by Crippen LogP contribution is 2.31. The van der Waals surface area contributed by atoms with E-state index < -0.39 is 0 Å². The van der Waals surface area contributed by atoms with Gasteiger partial charge in [-0.25, -0.2) is 4.98 Å². The average Bonchev–Trinajstić information content (AvgIpc) is 3.15. The third kappa shape index (κ3) is 2.76. The monoisotopic (exact) mass is 313 g/mol. The molecule has 6 heteroatoms. The maximum absolute atomic E-state index is 12.8. The predicted molar refractivity (Wildman–Crippen MR) is 83.8 cm³/mol.